The topological polar surface area (TPSA) is 63.6 Å². The Hall–Kier alpha value is -0.230. The van der Waals surface area contributed by atoms with Crippen LogP contribution in [0.2, 0.25) is 0 Å². The number of hydrogen-bond acceptors (Lipinski definition) is 3. The summed E-state index contributed by atoms with van der Waals surface area (Å²) >= 11 is 0. The van der Waals surface area contributed by atoms with E-state index >= 15 is 0 Å². The number of carbonyl (C=O) groups is 2. The molecule has 0 aliphatic heterocycles. The number of carboxylic acids is 1. The van der Waals surface area contributed by atoms with Crippen molar-refractivity contribution < 1.29 is 18.9 Å². The van der Waals surface area contributed by atoms with Gasteiger partial charge >= 0.3 is 49.7 Å². The monoisotopic (exact) mass is 368 g/mol. The Kier molecular flexibility index (Phi) is 11.2. The molecular weight excluding hydrogens is 340 g/mol. The molecule has 23 heavy (non-hydrogen) atoms. The van der Waals surface area contributed by atoms with E-state index < -0.39 is 22.2 Å². The summed E-state index contributed by atoms with van der Waals surface area (Å²) in [6.07, 6.45) is 2.95. The second-order valence-corrected chi connectivity index (χ2v) is 8.66. The summed E-state index contributed by atoms with van der Waals surface area (Å²) in [7, 11) is -1.42. The minimum absolute atomic E-state index is 0. The normalized spacial score (nSPS) is 11.4. The molecule has 0 amide bonds. The van der Waals surface area contributed by atoms with Crippen molar-refractivity contribution in [3.63, 3.8) is 0 Å². The third-order valence-electron chi connectivity index (χ3n) is 3.33. The second-order valence-electron chi connectivity index (χ2n) is 5.34. The summed E-state index contributed by atoms with van der Waals surface area (Å²) in [6.45, 7) is 6.31. The first-order chi connectivity index (χ1) is 10.5. The van der Waals surface area contributed by atoms with E-state index in [0.29, 0.717) is 5.56 Å². The Morgan fingerprint density at radius 2 is 1.48 bits per heavy atom. The molecule has 0 saturated heterocycles. The van der Waals surface area contributed by atoms with E-state index in [1.54, 1.807) is 12.1 Å². The van der Waals surface area contributed by atoms with Gasteiger partial charge in [0.05, 0.1) is 11.1 Å². The van der Waals surface area contributed by atoms with Crippen molar-refractivity contribution in [3.05, 3.63) is 35.4 Å². The first kappa shape index (κ1) is 22.8. The van der Waals surface area contributed by atoms with E-state index in [9.17, 15) is 9.59 Å². The van der Waals surface area contributed by atoms with Crippen LogP contribution in [0.4, 0.5) is 0 Å². The van der Waals surface area contributed by atoms with Crippen molar-refractivity contribution in [1.29, 1.82) is 0 Å². The van der Waals surface area contributed by atoms with Gasteiger partial charge < -0.3 is 9.29 Å². The maximum atomic E-state index is 12.5. The molecule has 0 aliphatic rings. The third-order valence-corrected chi connectivity index (χ3v) is 7.29. The number of carbonyl (C=O) groups excluding carboxylic acids is 1. The molecule has 0 heterocycles. The van der Waals surface area contributed by atoms with Crippen LogP contribution in [0.5, 0.6) is 0 Å². The Morgan fingerprint density at radius 1 is 1.00 bits per heavy atom. The molecule has 6 heteroatoms. The zero-order valence-corrected chi connectivity index (χ0v) is 14.4. The van der Waals surface area contributed by atoms with Crippen molar-refractivity contribution in [3.8, 4) is 0 Å². The van der Waals surface area contributed by atoms with E-state index in [2.05, 4.69) is 20.8 Å². The van der Waals surface area contributed by atoms with Gasteiger partial charge in [-0.05, 0) is 37.5 Å². The van der Waals surface area contributed by atoms with E-state index in [1.165, 1.54) is 12.1 Å². The number of hydrogen-bond donors (Lipinski definition) is 1. The van der Waals surface area contributed by atoms with Gasteiger partial charge in [-0.25, -0.2) is 9.59 Å². The molecule has 0 radical (unpaired) electrons. The fourth-order valence-electron chi connectivity index (χ4n) is 2.54. The molecule has 0 bridgehead atoms. The average molecular weight is 369 g/mol. The van der Waals surface area contributed by atoms with Crippen LogP contribution in [-0.4, -0.2) is 72.0 Å². The van der Waals surface area contributed by atoms with Gasteiger partial charge in [-0.2, -0.15) is 0 Å². The maximum absolute atomic E-state index is 12.5. The molecule has 0 unspecified atom stereocenters. The molecule has 4 nitrogen and oxygen atoms in total. The molecule has 1 N–H and O–H groups in total. The fraction of sp³-hybridized carbons (Fsp3) is 0.529. The molecule has 0 saturated carbocycles. The van der Waals surface area contributed by atoms with Crippen LogP contribution in [0.15, 0.2) is 24.3 Å². The molecule has 0 aromatic heterocycles. The second kappa shape index (κ2) is 11.3. The minimum atomic E-state index is -1.42. The first-order valence-corrected chi connectivity index (χ1v) is 9.88. The number of aromatic carboxylic acids is 1. The third kappa shape index (κ3) is 7.04. The molecule has 128 valence electrons. The number of carboxylic acid groups (broad SMARTS) is 1. The van der Waals surface area contributed by atoms with E-state index in [1.807, 2.05) is 0 Å². The summed E-state index contributed by atoms with van der Waals surface area (Å²) in [5.41, 5.74) is 0.427. The quantitative estimate of drug-likeness (QED) is 0.677. The van der Waals surface area contributed by atoms with Gasteiger partial charge in [0.15, 0.2) is 0 Å². The summed E-state index contributed by atoms with van der Waals surface area (Å²) in [5.74, 6) is 1.31. The van der Waals surface area contributed by atoms with Crippen molar-refractivity contribution in [2.24, 2.45) is 0 Å². The Balaban J connectivity index is 0.00000484. The summed E-state index contributed by atoms with van der Waals surface area (Å²) < 4.78 is 5.93. The number of rotatable bonds is 9. The van der Waals surface area contributed by atoms with Gasteiger partial charge in [-0.3, -0.25) is 0 Å². The average Bonchev–Trinajstić information content (AvgIpc) is 2.48. The molecular formula is C17H28CaO4S. The predicted octanol–water partition coefficient (Wildman–Crippen LogP) is 3.58. The van der Waals surface area contributed by atoms with Crippen molar-refractivity contribution in [2.75, 3.05) is 17.3 Å². The number of benzene rings is 1. The van der Waals surface area contributed by atoms with Gasteiger partial charge in [0, 0.05) is 17.3 Å². The van der Waals surface area contributed by atoms with Crippen LogP contribution < -0.4 is 0 Å². The van der Waals surface area contributed by atoms with Crippen LogP contribution >= 0.6 is 10.3 Å². The van der Waals surface area contributed by atoms with Crippen LogP contribution in [0.25, 0.3) is 0 Å². The summed E-state index contributed by atoms with van der Waals surface area (Å²) in [5, 5.41) is 9.03. The zero-order valence-electron chi connectivity index (χ0n) is 13.6. The van der Waals surface area contributed by atoms with E-state index in [-0.39, 0.29) is 43.3 Å². The van der Waals surface area contributed by atoms with Crippen molar-refractivity contribution in [1.82, 2.24) is 0 Å². The van der Waals surface area contributed by atoms with Gasteiger partial charge in [-0.1, -0.05) is 37.1 Å². The van der Waals surface area contributed by atoms with Crippen molar-refractivity contribution >= 4 is 60.0 Å². The summed E-state index contributed by atoms with van der Waals surface area (Å²) in [6, 6.07) is 6.06. The van der Waals surface area contributed by atoms with E-state index in [4.69, 9.17) is 9.29 Å². The zero-order chi connectivity index (χ0) is 16.6. The Morgan fingerprint density at radius 3 is 1.91 bits per heavy atom. The Labute approximate surface area is 170 Å². The SMILES string of the molecule is CCCS(CCC)(CCC)OC(=O)c1cccc(C(=O)O)c1.[CaH2]. The Bertz CT molecular complexity index is 502. The van der Waals surface area contributed by atoms with Crippen LogP contribution in [-0.2, 0) is 4.18 Å². The van der Waals surface area contributed by atoms with Gasteiger partial charge in [0.25, 0.3) is 0 Å². The molecule has 0 aliphatic carbocycles. The molecule has 0 atom stereocenters. The van der Waals surface area contributed by atoms with E-state index in [0.717, 1.165) is 36.5 Å². The predicted molar refractivity (Wildman–Crippen MR) is 100 cm³/mol. The molecule has 1 aromatic rings. The van der Waals surface area contributed by atoms with Crippen molar-refractivity contribution in [2.45, 2.75) is 40.0 Å². The van der Waals surface area contributed by atoms with Gasteiger partial charge in [-0.15, -0.1) is 0 Å². The first-order valence-electron chi connectivity index (χ1n) is 7.81. The standard InChI is InChI=1S/C17H26O4S.Ca.2H/c1-4-10-22(11-5-2,12-6-3)21-17(20)15-9-7-8-14(13-15)16(18)19;;;/h7-9,13H,4-6,10-12H2,1-3H3,(H,18,19);;;. The van der Waals surface area contributed by atoms with Crippen LogP contribution in [0.3, 0.4) is 0 Å². The fourth-order valence-corrected chi connectivity index (χ4v) is 6.05. The van der Waals surface area contributed by atoms with Gasteiger partial charge in [0.1, 0.15) is 0 Å². The van der Waals surface area contributed by atoms with Crippen LogP contribution in [0, 0.1) is 0 Å². The molecule has 0 fully saturated rings. The van der Waals surface area contributed by atoms with Crippen LogP contribution in [0.1, 0.15) is 60.7 Å². The molecule has 0 spiro atoms. The summed E-state index contributed by atoms with van der Waals surface area (Å²) in [4.78, 5) is 23.5. The molecule has 1 rings (SSSR count). The van der Waals surface area contributed by atoms with Gasteiger partial charge in [0.2, 0.25) is 0 Å². The molecule has 1 aromatic carbocycles.